The van der Waals surface area contributed by atoms with Crippen LogP contribution in [0, 0.1) is 32.1 Å². The van der Waals surface area contributed by atoms with Gasteiger partial charge < -0.3 is 5.73 Å². The number of allylic oxidation sites excluding steroid dienone is 3. The van der Waals surface area contributed by atoms with Gasteiger partial charge in [0, 0.05) is 38.4 Å². The molecule has 0 aromatic heterocycles. The number of carbonyl (C=O) groups excluding carboxylic acids is 1. The van der Waals surface area contributed by atoms with E-state index in [4.69, 9.17) is 40.5 Å². The molecule has 2 aliphatic rings. The van der Waals surface area contributed by atoms with Crippen molar-refractivity contribution in [3.05, 3.63) is 114 Å². The van der Waals surface area contributed by atoms with Crippen molar-refractivity contribution in [2.75, 3.05) is 4.90 Å². The first-order valence-electron chi connectivity index (χ1n) is 13.0. The molecule has 0 bridgehead atoms. The molecule has 3 aromatic carbocycles. The Kier molecular flexibility index (Phi) is 8.27. The van der Waals surface area contributed by atoms with Crippen molar-refractivity contribution < 1.29 is 4.79 Å². The number of anilines is 1. The summed E-state index contributed by atoms with van der Waals surface area (Å²) in [6.45, 7) is 6.01. The van der Waals surface area contributed by atoms with Gasteiger partial charge in [-0.25, -0.2) is 0 Å². The first-order valence-corrected chi connectivity index (χ1v) is 15.1. The molecule has 8 heteroatoms. The molecule has 1 atom stereocenters. The molecule has 204 valence electrons. The summed E-state index contributed by atoms with van der Waals surface area (Å²) in [6.07, 6.45) is 1.85. The molecular formula is C32H28Cl3N3OS. The van der Waals surface area contributed by atoms with E-state index in [1.54, 1.807) is 23.9 Å². The molecule has 0 fully saturated rings. The van der Waals surface area contributed by atoms with Gasteiger partial charge in [0.1, 0.15) is 5.82 Å². The van der Waals surface area contributed by atoms with Crippen molar-refractivity contribution in [2.24, 2.45) is 5.73 Å². The molecule has 40 heavy (non-hydrogen) atoms. The number of nitrogens with two attached hydrogens (primary N) is 1. The van der Waals surface area contributed by atoms with Crippen LogP contribution in [0.15, 0.2) is 76.1 Å². The van der Waals surface area contributed by atoms with E-state index in [0.29, 0.717) is 50.6 Å². The number of thioether (sulfide) groups is 1. The van der Waals surface area contributed by atoms with Crippen LogP contribution in [0.3, 0.4) is 0 Å². The lowest BCUT2D eigenvalue weighted by molar-refractivity contribution is -0.116. The summed E-state index contributed by atoms with van der Waals surface area (Å²) in [5, 5.41) is 12.4. The number of ketones is 1. The molecular weight excluding hydrogens is 581 g/mol. The van der Waals surface area contributed by atoms with E-state index in [2.05, 4.69) is 25.1 Å². The van der Waals surface area contributed by atoms with Gasteiger partial charge in [-0.1, -0.05) is 58.6 Å². The molecule has 5 rings (SSSR count). The van der Waals surface area contributed by atoms with Crippen molar-refractivity contribution >= 4 is 58.0 Å². The van der Waals surface area contributed by atoms with Crippen LogP contribution in [-0.2, 0) is 10.5 Å². The number of nitrogens with zero attached hydrogens (tertiary/aromatic N) is 2. The molecule has 1 unspecified atom stereocenters. The van der Waals surface area contributed by atoms with Crippen LogP contribution >= 0.6 is 46.6 Å². The molecule has 2 N–H and O–H groups in total. The molecule has 3 aromatic rings. The number of halogens is 3. The van der Waals surface area contributed by atoms with E-state index in [9.17, 15) is 10.1 Å². The highest BCUT2D eigenvalue weighted by molar-refractivity contribution is 7.98. The van der Waals surface area contributed by atoms with Crippen molar-refractivity contribution in [3.8, 4) is 6.07 Å². The Bertz CT molecular complexity index is 1650. The molecule has 0 radical (unpaired) electrons. The zero-order valence-corrected chi connectivity index (χ0v) is 25.5. The Morgan fingerprint density at radius 2 is 1.80 bits per heavy atom. The summed E-state index contributed by atoms with van der Waals surface area (Å²) in [6, 6.07) is 17.7. The largest absolute Gasteiger partial charge is 0.384 e. The molecule has 1 heterocycles. The van der Waals surface area contributed by atoms with Gasteiger partial charge in [0.2, 0.25) is 0 Å². The first kappa shape index (κ1) is 28.6. The highest BCUT2D eigenvalue weighted by Gasteiger charge is 2.41. The number of aryl methyl sites for hydroxylation is 1. The van der Waals surface area contributed by atoms with Gasteiger partial charge in [0.25, 0.3) is 0 Å². The second-order valence-corrected chi connectivity index (χ2v) is 12.5. The number of Topliss-reactive ketones (excluding diaryl/α,β-unsaturated/α-hetero) is 1. The minimum Gasteiger partial charge on any atom is -0.384 e. The van der Waals surface area contributed by atoms with Gasteiger partial charge in [-0.05, 0) is 86.2 Å². The highest BCUT2D eigenvalue weighted by Crippen LogP contribution is 2.48. The molecule has 0 amide bonds. The summed E-state index contributed by atoms with van der Waals surface area (Å²) >= 11 is 20.7. The number of hydrogen-bond acceptors (Lipinski definition) is 5. The number of nitriles is 1. The van der Waals surface area contributed by atoms with Crippen LogP contribution in [0.25, 0.3) is 0 Å². The molecule has 1 aliphatic heterocycles. The lowest BCUT2D eigenvalue weighted by Gasteiger charge is -2.40. The summed E-state index contributed by atoms with van der Waals surface area (Å²) in [7, 11) is 0. The van der Waals surface area contributed by atoms with Crippen molar-refractivity contribution in [3.63, 3.8) is 0 Å². The summed E-state index contributed by atoms with van der Waals surface area (Å²) in [4.78, 5) is 16.4. The summed E-state index contributed by atoms with van der Waals surface area (Å²) < 4.78 is 0. The molecule has 0 saturated heterocycles. The van der Waals surface area contributed by atoms with E-state index in [1.807, 2.05) is 43.0 Å². The average Bonchev–Trinajstić information content (AvgIpc) is 2.92. The van der Waals surface area contributed by atoms with E-state index in [0.717, 1.165) is 50.5 Å². The van der Waals surface area contributed by atoms with Crippen LogP contribution in [0.2, 0.25) is 15.1 Å². The number of carbonyl (C=O) groups is 1. The molecule has 0 saturated carbocycles. The maximum atomic E-state index is 13.7. The molecule has 0 spiro atoms. The monoisotopic (exact) mass is 607 g/mol. The van der Waals surface area contributed by atoms with Crippen LogP contribution in [0.1, 0.15) is 53.0 Å². The van der Waals surface area contributed by atoms with Crippen LogP contribution in [-0.4, -0.2) is 5.78 Å². The minimum absolute atomic E-state index is 0.0544. The van der Waals surface area contributed by atoms with Gasteiger partial charge >= 0.3 is 0 Å². The predicted molar refractivity (Wildman–Crippen MR) is 166 cm³/mol. The fraction of sp³-hybridized carbons (Fsp3) is 0.250. The average molecular weight is 609 g/mol. The smallest absolute Gasteiger partial charge is 0.161 e. The Morgan fingerprint density at radius 3 is 2.55 bits per heavy atom. The maximum absolute atomic E-state index is 13.7. The Balaban J connectivity index is 1.65. The third-order valence-corrected chi connectivity index (χ3v) is 9.87. The topological polar surface area (TPSA) is 70.1 Å². The van der Waals surface area contributed by atoms with Crippen molar-refractivity contribution in [1.82, 2.24) is 0 Å². The Labute approximate surface area is 254 Å². The second-order valence-electron chi connectivity index (χ2n) is 10.2. The van der Waals surface area contributed by atoms with Crippen LogP contribution in [0.4, 0.5) is 5.69 Å². The zero-order valence-electron chi connectivity index (χ0n) is 22.4. The fourth-order valence-electron chi connectivity index (χ4n) is 5.67. The van der Waals surface area contributed by atoms with Crippen molar-refractivity contribution in [1.29, 1.82) is 5.26 Å². The number of benzene rings is 3. The third-order valence-electron chi connectivity index (χ3n) is 7.68. The third kappa shape index (κ3) is 5.15. The minimum atomic E-state index is -0.540. The second kappa shape index (κ2) is 11.5. The first-order chi connectivity index (χ1) is 19.1. The van der Waals surface area contributed by atoms with E-state index < -0.39 is 5.92 Å². The predicted octanol–water partition coefficient (Wildman–Crippen LogP) is 9.17. The van der Waals surface area contributed by atoms with Crippen LogP contribution in [0.5, 0.6) is 0 Å². The van der Waals surface area contributed by atoms with Crippen LogP contribution < -0.4 is 10.6 Å². The van der Waals surface area contributed by atoms with E-state index >= 15 is 0 Å². The Morgan fingerprint density at radius 1 is 1.02 bits per heavy atom. The summed E-state index contributed by atoms with van der Waals surface area (Å²) in [5.41, 5.74) is 14.4. The van der Waals surface area contributed by atoms with Gasteiger partial charge in [-0.2, -0.15) is 5.26 Å². The highest BCUT2D eigenvalue weighted by atomic mass is 35.5. The maximum Gasteiger partial charge on any atom is 0.161 e. The standard InChI is InChI=1S/C32H28Cl3N3OS/c1-17-12-20(16-40-29-14-21(33)10-11-25(29)35)18(2)22(13-17)30-23(15-36)32(37)38(26-7-4-6-24(34)19(26)3)27-8-5-9-28(39)31(27)30/h4,6-7,10-14,30H,5,8-9,16,37H2,1-3H3. The van der Waals surface area contributed by atoms with Gasteiger partial charge in [0.05, 0.1) is 28.3 Å². The van der Waals surface area contributed by atoms with Crippen molar-refractivity contribution in [2.45, 2.75) is 56.6 Å². The van der Waals surface area contributed by atoms with E-state index in [1.165, 1.54) is 0 Å². The van der Waals surface area contributed by atoms with Gasteiger partial charge in [-0.15, -0.1) is 11.8 Å². The SMILES string of the molecule is Cc1cc(CSc2cc(Cl)ccc2Cl)c(C)c(C2C(C#N)=C(N)N(c3cccc(Cl)c3C)C3=C2C(=O)CCC3)c1. The normalized spacial score (nSPS) is 17.3. The fourth-order valence-corrected chi connectivity index (χ4v) is 7.38. The zero-order chi connectivity index (χ0) is 28.7. The quantitative estimate of drug-likeness (QED) is 0.293. The molecule has 4 nitrogen and oxygen atoms in total. The lowest BCUT2D eigenvalue weighted by Crippen LogP contribution is -2.39. The van der Waals surface area contributed by atoms with E-state index in [-0.39, 0.29) is 5.78 Å². The Hall–Kier alpha value is -2.88. The molecule has 1 aliphatic carbocycles. The van der Waals surface area contributed by atoms with Gasteiger partial charge in [0.15, 0.2) is 5.78 Å². The van der Waals surface area contributed by atoms with Gasteiger partial charge in [-0.3, -0.25) is 9.69 Å². The number of hydrogen-bond donors (Lipinski definition) is 1. The number of rotatable bonds is 5. The lowest BCUT2D eigenvalue weighted by atomic mass is 9.73. The summed E-state index contributed by atoms with van der Waals surface area (Å²) in [5.74, 6) is 0.511.